The smallest absolute Gasteiger partial charge is 0.268 e. The molecule has 96 valence electrons. The predicted molar refractivity (Wildman–Crippen MR) is 71.1 cm³/mol. The molecule has 2 N–H and O–H groups in total. The second-order valence-electron chi connectivity index (χ2n) is 4.25. The maximum Gasteiger partial charge on any atom is 0.268 e. The Morgan fingerprint density at radius 3 is 2.42 bits per heavy atom. The minimum atomic E-state index is 0.374. The van der Waals surface area contributed by atoms with Gasteiger partial charge in [0.1, 0.15) is 5.69 Å². The maximum absolute atomic E-state index is 5.97. The van der Waals surface area contributed by atoms with Crippen LogP contribution in [-0.2, 0) is 7.05 Å². The summed E-state index contributed by atoms with van der Waals surface area (Å²) in [6, 6.07) is 9.59. The van der Waals surface area contributed by atoms with E-state index in [0.717, 1.165) is 11.3 Å². The van der Waals surface area contributed by atoms with Gasteiger partial charge in [0.25, 0.3) is 5.89 Å². The minimum Gasteiger partial charge on any atom is -0.415 e. The van der Waals surface area contributed by atoms with Gasteiger partial charge in [0.2, 0.25) is 5.89 Å². The summed E-state index contributed by atoms with van der Waals surface area (Å²) in [4.78, 5) is 0. The van der Waals surface area contributed by atoms with Gasteiger partial charge in [-0.2, -0.15) is 5.10 Å². The first-order chi connectivity index (χ1) is 9.16. The summed E-state index contributed by atoms with van der Waals surface area (Å²) in [7, 11) is 1.80. The molecule has 2 heterocycles. The summed E-state index contributed by atoms with van der Waals surface area (Å²) in [5, 5.41) is 12.3. The van der Waals surface area contributed by atoms with Crippen molar-refractivity contribution in [3.8, 4) is 23.0 Å². The lowest BCUT2D eigenvalue weighted by molar-refractivity contribution is 0.575. The first-order valence-electron chi connectivity index (χ1n) is 5.85. The molecule has 0 aliphatic heterocycles. The summed E-state index contributed by atoms with van der Waals surface area (Å²) < 4.78 is 7.31. The lowest BCUT2D eigenvalue weighted by Gasteiger charge is -1.97. The zero-order valence-electron chi connectivity index (χ0n) is 10.7. The van der Waals surface area contributed by atoms with Crippen LogP contribution in [-0.4, -0.2) is 20.0 Å². The van der Waals surface area contributed by atoms with Crippen LogP contribution in [0.4, 0.5) is 5.69 Å². The molecule has 0 aliphatic rings. The van der Waals surface area contributed by atoms with E-state index in [4.69, 9.17) is 10.2 Å². The molecule has 3 aromatic rings. The Balaban J connectivity index is 2.07. The van der Waals surface area contributed by atoms with Gasteiger partial charge in [0.15, 0.2) is 0 Å². The van der Waals surface area contributed by atoms with Crippen LogP contribution in [0.25, 0.3) is 23.0 Å². The topological polar surface area (TPSA) is 82.8 Å². The molecule has 0 saturated carbocycles. The van der Waals surface area contributed by atoms with E-state index >= 15 is 0 Å². The molecule has 2 aromatic heterocycles. The number of rotatable bonds is 2. The Bertz CT molecular complexity index is 714. The third-order valence-electron chi connectivity index (χ3n) is 2.92. The maximum atomic E-state index is 5.97. The molecular weight excluding hydrogens is 242 g/mol. The Labute approximate surface area is 109 Å². The highest BCUT2D eigenvalue weighted by Gasteiger charge is 2.18. The van der Waals surface area contributed by atoms with E-state index in [2.05, 4.69) is 15.3 Å². The van der Waals surface area contributed by atoms with Crippen LogP contribution in [0.2, 0.25) is 0 Å². The fourth-order valence-corrected chi connectivity index (χ4v) is 1.94. The number of aryl methyl sites for hydroxylation is 2. The van der Waals surface area contributed by atoms with E-state index < -0.39 is 0 Å². The first kappa shape index (κ1) is 11.5. The van der Waals surface area contributed by atoms with Gasteiger partial charge in [-0.1, -0.05) is 18.2 Å². The monoisotopic (exact) mass is 255 g/mol. The summed E-state index contributed by atoms with van der Waals surface area (Å²) in [5.41, 5.74) is 8.80. The van der Waals surface area contributed by atoms with Crippen LogP contribution >= 0.6 is 0 Å². The summed E-state index contributed by atoms with van der Waals surface area (Å²) in [5.74, 6) is 0.841. The van der Waals surface area contributed by atoms with Crippen LogP contribution in [0, 0.1) is 6.92 Å². The fourth-order valence-electron chi connectivity index (χ4n) is 1.94. The zero-order chi connectivity index (χ0) is 13.4. The van der Waals surface area contributed by atoms with Crippen molar-refractivity contribution in [3.63, 3.8) is 0 Å². The van der Waals surface area contributed by atoms with Gasteiger partial charge in [-0.15, -0.1) is 10.2 Å². The minimum absolute atomic E-state index is 0.374. The van der Waals surface area contributed by atoms with Crippen molar-refractivity contribution in [2.45, 2.75) is 6.92 Å². The van der Waals surface area contributed by atoms with Crippen LogP contribution < -0.4 is 5.73 Å². The SMILES string of the molecule is Cc1nn(C)c(-c2nnc(-c3ccccc3)o2)c1N. The number of nitrogen functional groups attached to an aromatic ring is 1. The van der Waals surface area contributed by atoms with Gasteiger partial charge in [0.05, 0.1) is 11.4 Å². The molecule has 0 fully saturated rings. The van der Waals surface area contributed by atoms with Gasteiger partial charge in [-0.25, -0.2) is 0 Å². The highest BCUT2D eigenvalue weighted by molar-refractivity contribution is 5.69. The second kappa shape index (κ2) is 4.24. The molecule has 19 heavy (non-hydrogen) atoms. The number of nitrogens with zero attached hydrogens (tertiary/aromatic N) is 4. The van der Waals surface area contributed by atoms with Gasteiger partial charge < -0.3 is 10.2 Å². The third kappa shape index (κ3) is 1.87. The van der Waals surface area contributed by atoms with Gasteiger partial charge >= 0.3 is 0 Å². The Morgan fingerprint density at radius 2 is 1.79 bits per heavy atom. The van der Waals surface area contributed by atoms with Crippen molar-refractivity contribution in [1.82, 2.24) is 20.0 Å². The summed E-state index contributed by atoms with van der Waals surface area (Å²) >= 11 is 0. The van der Waals surface area contributed by atoms with E-state index in [1.165, 1.54) is 0 Å². The first-order valence-corrected chi connectivity index (χ1v) is 5.85. The second-order valence-corrected chi connectivity index (χ2v) is 4.25. The van der Waals surface area contributed by atoms with Crippen molar-refractivity contribution in [1.29, 1.82) is 0 Å². The predicted octanol–water partition coefficient (Wildman–Crippen LogP) is 2.03. The van der Waals surface area contributed by atoms with Crippen molar-refractivity contribution in [2.24, 2.45) is 7.05 Å². The zero-order valence-corrected chi connectivity index (χ0v) is 10.7. The van der Waals surface area contributed by atoms with Crippen molar-refractivity contribution in [3.05, 3.63) is 36.0 Å². The van der Waals surface area contributed by atoms with Crippen LogP contribution in [0.15, 0.2) is 34.7 Å². The molecule has 3 rings (SSSR count). The third-order valence-corrected chi connectivity index (χ3v) is 2.92. The average Bonchev–Trinajstić information content (AvgIpc) is 2.97. The normalized spacial score (nSPS) is 10.8. The van der Waals surface area contributed by atoms with Crippen molar-refractivity contribution >= 4 is 5.69 Å². The standard InChI is InChI=1S/C13H13N5O/c1-8-10(14)11(18(2)17-8)13-16-15-12(19-13)9-6-4-3-5-7-9/h3-7H,14H2,1-2H3. The molecule has 0 radical (unpaired) electrons. The molecule has 0 unspecified atom stereocenters. The Morgan fingerprint density at radius 1 is 1.11 bits per heavy atom. The summed E-state index contributed by atoms with van der Waals surface area (Å²) in [6.07, 6.45) is 0. The van der Waals surface area contributed by atoms with Gasteiger partial charge in [-0.05, 0) is 19.1 Å². The highest BCUT2D eigenvalue weighted by Crippen LogP contribution is 2.28. The quantitative estimate of drug-likeness (QED) is 0.757. The van der Waals surface area contributed by atoms with Crippen molar-refractivity contribution < 1.29 is 4.42 Å². The van der Waals surface area contributed by atoms with Crippen LogP contribution in [0.1, 0.15) is 5.69 Å². The molecule has 0 spiro atoms. The van der Waals surface area contributed by atoms with Crippen LogP contribution in [0.3, 0.4) is 0 Å². The lowest BCUT2D eigenvalue weighted by Crippen LogP contribution is -1.95. The average molecular weight is 255 g/mol. The number of anilines is 1. The molecule has 6 nitrogen and oxygen atoms in total. The number of aromatic nitrogens is 4. The van der Waals surface area contributed by atoms with E-state index in [-0.39, 0.29) is 0 Å². The molecule has 0 aliphatic carbocycles. The number of hydrogen-bond acceptors (Lipinski definition) is 5. The number of hydrogen-bond donors (Lipinski definition) is 1. The Hall–Kier alpha value is -2.63. The molecule has 6 heteroatoms. The molecule has 0 atom stereocenters. The van der Waals surface area contributed by atoms with Gasteiger partial charge in [-0.3, -0.25) is 4.68 Å². The molecule has 1 aromatic carbocycles. The van der Waals surface area contributed by atoms with Crippen molar-refractivity contribution in [2.75, 3.05) is 5.73 Å². The lowest BCUT2D eigenvalue weighted by atomic mass is 10.2. The largest absolute Gasteiger partial charge is 0.415 e. The van der Waals surface area contributed by atoms with E-state index in [0.29, 0.717) is 23.2 Å². The fraction of sp³-hybridized carbons (Fsp3) is 0.154. The summed E-state index contributed by atoms with van der Waals surface area (Å²) in [6.45, 7) is 1.84. The van der Waals surface area contributed by atoms with E-state index in [1.807, 2.05) is 37.3 Å². The molecule has 0 saturated heterocycles. The van der Waals surface area contributed by atoms with E-state index in [1.54, 1.807) is 11.7 Å². The number of nitrogens with two attached hydrogens (primary N) is 1. The van der Waals surface area contributed by atoms with Gasteiger partial charge in [0, 0.05) is 12.6 Å². The van der Waals surface area contributed by atoms with Crippen LogP contribution in [0.5, 0.6) is 0 Å². The Kier molecular flexibility index (Phi) is 2.56. The highest BCUT2D eigenvalue weighted by atomic mass is 16.4. The molecular formula is C13H13N5O. The molecule has 0 bridgehead atoms. The van der Waals surface area contributed by atoms with E-state index in [9.17, 15) is 0 Å². The molecule has 0 amide bonds. The number of benzene rings is 1.